The SMILES string of the molecule is CC[C@@H](CO)N1C(=O)[C@@H]2[C@H]3C(=O)O[C@@H](c4ccccc4)[C@H](C)N(C)C(=O)CC/C=C\CN(c4ccc(N(CC)CC)cc4)C(=O)[C@@H]1[C@]21C=C(Br)[C@H]3O1. The van der Waals surface area contributed by atoms with E-state index in [1.807, 2.05) is 80.6 Å². The third kappa shape index (κ3) is 6.47. The number of aliphatic hydroxyl groups is 1. The second-order valence-electron chi connectivity index (χ2n) is 14.0. The van der Waals surface area contributed by atoms with Gasteiger partial charge in [0.2, 0.25) is 11.8 Å². The number of esters is 1. The molecule has 0 aliphatic carbocycles. The lowest BCUT2D eigenvalue weighted by Gasteiger charge is -2.38. The summed E-state index contributed by atoms with van der Waals surface area (Å²) in [5, 5.41) is 10.6. The molecule has 1 N–H and O–H groups in total. The van der Waals surface area contributed by atoms with Crippen molar-refractivity contribution in [3.05, 3.63) is 82.9 Å². The number of likely N-dealkylation sites (tertiary alicyclic amines) is 1. The summed E-state index contributed by atoms with van der Waals surface area (Å²) in [6, 6.07) is 14.6. The van der Waals surface area contributed by atoms with Crippen LogP contribution in [0.15, 0.2) is 77.3 Å². The standard InChI is InChI=1S/C40H49BrN4O7/c1-6-27(24-46)45-36-38(49)44(29-20-18-28(19-21-29)43(7-2)8-3)22-14-10-13-17-31(47)42(5)25(4)34(26-15-11-9-12-16-26)51-39(50)32-33(37(45)48)40(36)23-30(41)35(32)52-40/h9-12,14-16,18-21,23,25,27,32-36,46H,6-8,13,17,22,24H2,1-5H3/b14-10-/t25-,27-,32+,33-,34+,35+,36+,40-/m0/s1. The smallest absolute Gasteiger partial charge is 0.313 e. The van der Waals surface area contributed by atoms with Gasteiger partial charge in [-0.3, -0.25) is 19.2 Å². The van der Waals surface area contributed by atoms with E-state index in [1.165, 1.54) is 4.90 Å². The predicted octanol–water partition coefficient (Wildman–Crippen LogP) is 4.99. The summed E-state index contributed by atoms with van der Waals surface area (Å²) in [5.74, 6) is -3.78. The Balaban J connectivity index is 1.49. The fraction of sp³-hybridized carbons (Fsp3) is 0.500. The third-order valence-corrected chi connectivity index (χ3v) is 12.0. The van der Waals surface area contributed by atoms with Crippen LogP contribution in [0.3, 0.4) is 0 Å². The molecule has 52 heavy (non-hydrogen) atoms. The van der Waals surface area contributed by atoms with Crippen LogP contribution in [0.2, 0.25) is 0 Å². The Bertz CT molecular complexity index is 1710. The van der Waals surface area contributed by atoms with Crippen molar-refractivity contribution >= 4 is 51.0 Å². The minimum Gasteiger partial charge on any atom is -0.455 e. The number of anilines is 2. The highest BCUT2D eigenvalue weighted by atomic mass is 79.9. The quantitative estimate of drug-likeness (QED) is 0.295. The van der Waals surface area contributed by atoms with Crippen molar-refractivity contribution in [3.8, 4) is 0 Å². The number of nitrogens with zero attached hydrogens (tertiary/aromatic N) is 4. The number of hydrogen-bond donors (Lipinski definition) is 1. The van der Waals surface area contributed by atoms with Crippen molar-refractivity contribution in [2.75, 3.05) is 43.1 Å². The molecule has 3 amide bonds. The molecule has 1 spiro atoms. The Morgan fingerprint density at radius 1 is 0.962 bits per heavy atom. The number of likely N-dealkylation sites (N-methyl/N-ethyl adjacent to an activating group) is 1. The van der Waals surface area contributed by atoms with E-state index in [1.54, 1.807) is 22.9 Å². The van der Waals surface area contributed by atoms with Crippen molar-refractivity contribution < 1.29 is 33.8 Å². The number of hydrogen-bond acceptors (Lipinski definition) is 8. The Kier molecular flexibility index (Phi) is 11.3. The van der Waals surface area contributed by atoms with Gasteiger partial charge in [-0.1, -0.05) is 65.3 Å². The zero-order valence-electron chi connectivity index (χ0n) is 30.5. The maximum atomic E-state index is 15.2. The number of amides is 3. The van der Waals surface area contributed by atoms with E-state index in [4.69, 9.17) is 9.47 Å². The second-order valence-corrected chi connectivity index (χ2v) is 14.9. The lowest BCUT2D eigenvalue weighted by molar-refractivity contribution is -0.164. The Morgan fingerprint density at radius 3 is 2.29 bits per heavy atom. The Hall–Kier alpha value is -4.00. The molecule has 2 aromatic carbocycles. The molecule has 0 unspecified atom stereocenters. The topological polar surface area (TPSA) is 120 Å². The van der Waals surface area contributed by atoms with Crippen LogP contribution in [0.4, 0.5) is 11.4 Å². The summed E-state index contributed by atoms with van der Waals surface area (Å²) in [6.45, 7) is 9.31. The zero-order chi connectivity index (χ0) is 37.3. The van der Waals surface area contributed by atoms with Gasteiger partial charge in [0.05, 0.1) is 24.6 Å². The number of carbonyl (C=O) groups is 4. The average Bonchev–Trinajstić information content (AvgIpc) is 3.75. The van der Waals surface area contributed by atoms with Gasteiger partial charge in [0.15, 0.2) is 0 Å². The van der Waals surface area contributed by atoms with E-state index < -0.39 is 65.6 Å². The molecule has 0 radical (unpaired) electrons. The van der Waals surface area contributed by atoms with E-state index in [9.17, 15) is 19.5 Å². The molecule has 4 aliphatic rings. The van der Waals surface area contributed by atoms with Gasteiger partial charge in [-0.05, 0) is 69.5 Å². The summed E-state index contributed by atoms with van der Waals surface area (Å²) in [4.78, 5) is 64.9. The van der Waals surface area contributed by atoms with Crippen molar-refractivity contribution in [2.24, 2.45) is 11.8 Å². The maximum Gasteiger partial charge on any atom is 0.313 e. The summed E-state index contributed by atoms with van der Waals surface area (Å²) in [5.41, 5.74) is 0.841. The maximum absolute atomic E-state index is 15.2. The molecule has 12 heteroatoms. The van der Waals surface area contributed by atoms with E-state index in [0.29, 0.717) is 28.6 Å². The minimum absolute atomic E-state index is 0.120. The van der Waals surface area contributed by atoms with Crippen molar-refractivity contribution in [2.45, 2.75) is 82.9 Å². The number of rotatable bonds is 8. The molecular weight excluding hydrogens is 728 g/mol. The summed E-state index contributed by atoms with van der Waals surface area (Å²) in [6.07, 6.45) is 4.85. The molecule has 4 heterocycles. The van der Waals surface area contributed by atoms with Gasteiger partial charge in [-0.25, -0.2) is 0 Å². The fourth-order valence-electron chi connectivity index (χ4n) is 8.32. The van der Waals surface area contributed by atoms with E-state index in [2.05, 4.69) is 34.7 Å². The highest BCUT2D eigenvalue weighted by molar-refractivity contribution is 9.11. The van der Waals surface area contributed by atoms with Gasteiger partial charge in [0.25, 0.3) is 5.91 Å². The monoisotopic (exact) mass is 776 g/mol. The molecule has 2 aromatic rings. The molecule has 5 bridgehead atoms. The highest BCUT2D eigenvalue weighted by Crippen LogP contribution is 2.59. The number of aliphatic hydroxyl groups excluding tert-OH is 1. The van der Waals surface area contributed by atoms with Crippen molar-refractivity contribution in [1.29, 1.82) is 0 Å². The zero-order valence-corrected chi connectivity index (χ0v) is 32.1. The molecule has 4 aliphatic heterocycles. The normalized spacial score (nSPS) is 30.7. The molecule has 278 valence electrons. The van der Waals surface area contributed by atoms with E-state index >= 15 is 4.79 Å². The summed E-state index contributed by atoms with van der Waals surface area (Å²) >= 11 is 3.63. The van der Waals surface area contributed by atoms with Gasteiger partial charge in [-0.2, -0.15) is 0 Å². The van der Waals surface area contributed by atoms with E-state index in [-0.39, 0.29) is 25.5 Å². The van der Waals surface area contributed by atoms with Crippen LogP contribution < -0.4 is 9.80 Å². The third-order valence-electron chi connectivity index (χ3n) is 11.3. The number of ether oxygens (including phenoxy) is 2. The van der Waals surface area contributed by atoms with Gasteiger partial charge in [0.1, 0.15) is 29.8 Å². The van der Waals surface area contributed by atoms with Crippen LogP contribution in [-0.2, 0) is 28.7 Å². The fourth-order valence-corrected chi connectivity index (χ4v) is 9.05. The molecule has 11 nitrogen and oxygen atoms in total. The minimum atomic E-state index is -1.50. The Labute approximate surface area is 314 Å². The largest absolute Gasteiger partial charge is 0.455 e. The molecular formula is C40H49BrN4O7. The molecule has 6 rings (SSSR count). The average molecular weight is 778 g/mol. The van der Waals surface area contributed by atoms with Gasteiger partial charge < -0.3 is 34.2 Å². The second kappa shape index (κ2) is 15.5. The molecule has 0 saturated carbocycles. The molecule has 2 saturated heterocycles. The number of benzene rings is 2. The Morgan fingerprint density at radius 2 is 1.65 bits per heavy atom. The van der Waals surface area contributed by atoms with Crippen molar-refractivity contribution in [3.63, 3.8) is 0 Å². The first-order valence-corrected chi connectivity index (χ1v) is 19.1. The number of cyclic esters (lactones) is 1. The predicted molar refractivity (Wildman–Crippen MR) is 202 cm³/mol. The van der Waals surface area contributed by atoms with Crippen molar-refractivity contribution in [1.82, 2.24) is 9.80 Å². The van der Waals surface area contributed by atoms with Gasteiger partial charge in [0, 0.05) is 49.0 Å². The first-order valence-electron chi connectivity index (χ1n) is 18.3. The first kappa shape index (κ1) is 37.7. The number of carbonyl (C=O) groups excluding carboxylic acids is 4. The van der Waals surface area contributed by atoms with Crippen LogP contribution in [0, 0.1) is 11.8 Å². The molecule has 2 fully saturated rings. The van der Waals surface area contributed by atoms with E-state index in [0.717, 1.165) is 18.8 Å². The molecule has 8 atom stereocenters. The van der Waals surface area contributed by atoms with Gasteiger partial charge in [-0.15, -0.1) is 0 Å². The lowest BCUT2D eigenvalue weighted by atomic mass is 9.74. The summed E-state index contributed by atoms with van der Waals surface area (Å²) < 4.78 is 13.6. The summed E-state index contributed by atoms with van der Waals surface area (Å²) in [7, 11) is 1.70. The van der Waals surface area contributed by atoms with Crippen LogP contribution in [0.25, 0.3) is 0 Å². The lowest BCUT2D eigenvalue weighted by Crippen LogP contribution is -2.58. The van der Waals surface area contributed by atoms with Crippen LogP contribution in [-0.4, -0.2) is 102 Å². The number of halogens is 1. The number of fused-ring (bicyclic) bond motifs is 2. The number of allylic oxidation sites excluding steroid dienone is 1. The van der Waals surface area contributed by atoms with Crippen LogP contribution >= 0.6 is 15.9 Å². The first-order chi connectivity index (χ1) is 25.0. The highest BCUT2D eigenvalue weighted by Gasteiger charge is 2.75. The van der Waals surface area contributed by atoms with Crippen LogP contribution in [0.5, 0.6) is 0 Å². The molecule has 0 aromatic heterocycles. The van der Waals surface area contributed by atoms with Crippen LogP contribution in [0.1, 0.15) is 58.6 Å². The van der Waals surface area contributed by atoms with Gasteiger partial charge >= 0.3 is 5.97 Å².